The number of hydrogen-bond acceptors (Lipinski definition) is 8. The van der Waals surface area contributed by atoms with Crippen molar-refractivity contribution in [1.29, 1.82) is 0 Å². The van der Waals surface area contributed by atoms with Crippen molar-refractivity contribution in [2.45, 2.75) is 56.8 Å². The Balaban J connectivity index is 5.29. The van der Waals surface area contributed by atoms with Gasteiger partial charge in [-0.05, 0) is 31.8 Å². The second-order valence-corrected chi connectivity index (χ2v) is 7.67. The number of hydrogen-bond donors (Lipinski definition) is 7. The third-order valence-electron chi connectivity index (χ3n) is 4.02. The number of carboxylic acids is 2. The van der Waals surface area contributed by atoms with Gasteiger partial charge in [0, 0.05) is 6.42 Å². The van der Waals surface area contributed by atoms with Crippen LogP contribution in [0.2, 0.25) is 0 Å². The zero-order valence-corrected chi connectivity index (χ0v) is 18.1. The number of amides is 4. The summed E-state index contributed by atoms with van der Waals surface area (Å²) in [4.78, 5) is 70.0. The van der Waals surface area contributed by atoms with Gasteiger partial charge in [-0.25, -0.2) is 0 Å². The van der Waals surface area contributed by atoms with Crippen molar-refractivity contribution in [2.75, 3.05) is 12.0 Å². The molecule has 0 aromatic rings. The molecule has 0 saturated carbocycles. The minimum absolute atomic E-state index is 0.103. The summed E-state index contributed by atoms with van der Waals surface area (Å²) in [5.74, 6) is -5.50. The van der Waals surface area contributed by atoms with Crippen molar-refractivity contribution in [3.05, 3.63) is 0 Å². The van der Waals surface area contributed by atoms with Gasteiger partial charge in [-0.3, -0.25) is 28.8 Å². The lowest BCUT2D eigenvalue weighted by Crippen LogP contribution is -2.57. The minimum Gasteiger partial charge on any atom is -0.481 e. The van der Waals surface area contributed by atoms with Gasteiger partial charge in [0.25, 0.3) is 0 Å². The highest BCUT2D eigenvalue weighted by atomic mass is 32.2. The fraction of sp³-hybridized carbons (Fsp3) is 0.647. The SMILES string of the molecule is CSCCC(NC(=O)C(CC(=O)O)NC(=O)C(N)CCC(N)=O)C(=O)NC(C)C(=O)O. The zero-order valence-electron chi connectivity index (χ0n) is 17.3. The molecule has 0 aliphatic heterocycles. The average Bonchev–Trinajstić information content (AvgIpc) is 2.67. The number of thioether (sulfide) groups is 1. The van der Waals surface area contributed by atoms with Crippen molar-refractivity contribution >= 4 is 47.3 Å². The Bertz CT molecular complexity index is 689. The molecule has 0 heterocycles. The molecule has 31 heavy (non-hydrogen) atoms. The van der Waals surface area contributed by atoms with E-state index >= 15 is 0 Å². The molecule has 0 aliphatic rings. The Morgan fingerprint density at radius 2 is 1.45 bits per heavy atom. The van der Waals surface area contributed by atoms with Crippen LogP contribution < -0.4 is 27.4 Å². The van der Waals surface area contributed by atoms with Crippen LogP contribution in [0.4, 0.5) is 0 Å². The topological polar surface area (TPSA) is 231 Å². The number of aliphatic carboxylic acids is 2. The molecule has 4 atom stereocenters. The van der Waals surface area contributed by atoms with Crippen LogP contribution in [0.5, 0.6) is 0 Å². The molecule has 0 aromatic carbocycles. The summed E-state index contributed by atoms with van der Waals surface area (Å²) < 4.78 is 0. The molecule has 0 radical (unpaired) electrons. The molecular weight excluding hydrogens is 434 g/mol. The summed E-state index contributed by atoms with van der Waals surface area (Å²) in [5, 5.41) is 24.7. The second-order valence-electron chi connectivity index (χ2n) is 6.68. The van der Waals surface area contributed by atoms with Gasteiger partial charge in [0.1, 0.15) is 18.1 Å². The number of nitrogens with one attached hydrogen (secondary N) is 3. The van der Waals surface area contributed by atoms with Gasteiger partial charge in [-0.15, -0.1) is 0 Å². The Hall–Kier alpha value is -2.87. The molecule has 14 heteroatoms. The van der Waals surface area contributed by atoms with E-state index in [1.807, 2.05) is 0 Å². The van der Waals surface area contributed by atoms with Gasteiger partial charge in [0.15, 0.2) is 0 Å². The van der Waals surface area contributed by atoms with Crippen LogP contribution in [-0.4, -0.2) is 82.0 Å². The van der Waals surface area contributed by atoms with E-state index < -0.39 is 66.2 Å². The van der Waals surface area contributed by atoms with Crippen LogP contribution in [0, 0.1) is 0 Å². The van der Waals surface area contributed by atoms with Crippen molar-refractivity contribution in [1.82, 2.24) is 16.0 Å². The second kappa shape index (κ2) is 14.2. The summed E-state index contributed by atoms with van der Waals surface area (Å²) >= 11 is 1.38. The van der Waals surface area contributed by atoms with E-state index in [1.165, 1.54) is 18.7 Å². The summed E-state index contributed by atoms with van der Waals surface area (Å²) in [6, 6.07) is -5.12. The Morgan fingerprint density at radius 3 is 1.94 bits per heavy atom. The summed E-state index contributed by atoms with van der Waals surface area (Å²) in [5.41, 5.74) is 10.6. The van der Waals surface area contributed by atoms with E-state index in [-0.39, 0.29) is 19.3 Å². The maximum absolute atomic E-state index is 12.6. The maximum Gasteiger partial charge on any atom is 0.325 e. The number of carbonyl (C=O) groups excluding carboxylic acids is 4. The molecule has 0 bridgehead atoms. The Morgan fingerprint density at radius 1 is 0.903 bits per heavy atom. The smallest absolute Gasteiger partial charge is 0.325 e. The first-order chi connectivity index (χ1) is 14.4. The first-order valence-corrected chi connectivity index (χ1v) is 10.7. The van der Waals surface area contributed by atoms with E-state index in [9.17, 15) is 28.8 Å². The molecular formula is C17H29N5O8S. The van der Waals surface area contributed by atoms with Crippen molar-refractivity contribution < 1.29 is 39.0 Å². The molecule has 0 aliphatic carbocycles. The van der Waals surface area contributed by atoms with Crippen LogP contribution in [0.15, 0.2) is 0 Å². The number of primary amides is 1. The lowest BCUT2D eigenvalue weighted by atomic mass is 10.1. The van der Waals surface area contributed by atoms with Gasteiger partial charge in [-0.2, -0.15) is 11.8 Å². The molecule has 0 rings (SSSR count). The fourth-order valence-corrected chi connectivity index (χ4v) is 2.72. The van der Waals surface area contributed by atoms with E-state index in [1.54, 1.807) is 6.26 Å². The Kier molecular flexibility index (Phi) is 12.9. The van der Waals surface area contributed by atoms with E-state index in [0.29, 0.717) is 5.75 Å². The number of rotatable bonds is 15. The van der Waals surface area contributed by atoms with Crippen molar-refractivity contribution in [2.24, 2.45) is 11.5 Å². The van der Waals surface area contributed by atoms with E-state index in [2.05, 4.69) is 16.0 Å². The highest BCUT2D eigenvalue weighted by molar-refractivity contribution is 7.98. The highest BCUT2D eigenvalue weighted by Gasteiger charge is 2.30. The quantitative estimate of drug-likeness (QED) is 0.133. The number of carboxylic acid groups (broad SMARTS) is 2. The van der Waals surface area contributed by atoms with Gasteiger partial charge in [0.2, 0.25) is 23.6 Å². The van der Waals surface area contributed by atoms with Crippen LogP contribution in [0.25, 0.3) is 0 Å². The molecule has 0 spiro atoms. The van der Waals surface area contributed by atoms with Crippen LogP contribution in [-0.2, 0) is 28.8 Å². The van der Waals surface area contributed by atoms with Crippen LogP contribution >= 0.6 is 11.8 Å². The molecule has 9 N–H and O–H groups in total. The molecule has 4 amide bonds. The molecule has 0 fully saturated rings. The molecule has 176 valence electrons. The lowest BCUT2D eigenvalue weighted by molar-refractivity contribution is -0.143. The number of carbonyl (C=O) groups is 6. The first-order valence-electron chi connectivity index (χ1n) is 9.27. The summed E-state index contributed by atoms with van der Waals surface area (Å²) in [6.45, 7) is 1.24. The Labute approximate surface area is 183 Å². The normalized spacial score (nSPS) is 14.4. The molecule has 4 unspecified atom stereocenters. The van der Waals surface area contributed by atoms with Crippen LogP contribution in [0.3, 0.4) is 0 Å². The third kappa shape index (κ3) is 11.8. The fourth-order valence-electron chi connectivity index (χ4n) is 2.24. The summed E-state index contributed by atoms with van der Waals surface area (Å²) in [7, 11) is 0. The predicted octanol–water partition coefficient (Wildman–Crippen LogP) is -2.63. The largest absolute Gasteiger partial charge is 0.481 e. The molecule has 0 aromatic heterocycles. The van der Waals surface area contributed by atoms with Gasteiger partial charge in [-0.1, -0.05) is 0 Å². The first kappa shape index (κ1) is 28.1. The number of nitrogens with two attached hydrogens (primary N) is 2. The highest BCUT2D eigenvalue weighted by Crippen LogP contribution is 2.04. The maximum atomic E-state index is 12.6. The monoisotopic (exact) mass is 463 g/mol. The molecule has 0 saturated heterocycles. The van der Waals surface area contributed by atoms with E-state index in [4.69, 9.17) is 21.7 Å². The zero-order chi connectivity index (χ0) is 24.1. The lowest BCUT2D eigenvalue weighted by Gasteiger charge is -2.24. The minimum atomic E-state index is -1.55. The van der Waals surface area contributed by atoms with Gasteiger partial charge < -0.3 is 37.6 Å². The van der Waals surface area contributed by atoms with E-state index in [0.717, 1.165) is 0 Å². The summed E-state index contributed by atoms with van der Waals surface area (Å²) in [6.07, 6.45) is 0.828. The van der Waals surface area contributed by atoms with Crippen molar-refractivity contribution in [3.63, 3.8) is 0 Å². The standard InChI is InChI=1S/C17H29N5O8S/c1-8(17(29)30)20-15(27)10(5-6-31-2)21-16(28)11(7-13(24)25)22-14(26)9(18)3-4-12(19)23/h8-11H,3-7,18H2,1-2H3,(H2,19,23)(H,20,27)(H,21,28)(H,22,26)(H,24,25)(H,29,30). The van der Waals surface area contributed by atoms with Crippen LogP contribution in [0.1, 0.15) is 32.6 Å². The van der Waals surface area contributed by atoms with Gasteiger partial charge in [0.05, 0.1) is 12.5 Å². The van der Waals surface area contributed by atoms with Gasteiger partial charge >= 0.3 is 11.9 Å². The predicted molar refractivity (Wildman–Crippen MR) is 111 cm³/mol. The van der Waals surface area contributed by atoms with Crippen molar-refractivity contribution in [3.8, 4) is 0 Å². The molecule has 13 nitrogen and oxygen atoms in total. The average molecular weight is 464 g/mol. The third-order valence-corrected chi connectivity index (χ3v) is 4.67.